The number of nitrogens with one attached hydrogen (secondary N) is 1. The van der Waals surface area contributed by atoms with Crippen molar-refractivity contribution in [2.24, 2.45) is 0 Å². The molecule has 0 spiro atoms. The van der Waals surface area contributed by atoms with E-state index in [-0.39, 0.29) is 30.8 Å². The zero-order valence-electron chi connectivity index (χ0n) is 14.9. The topological polar surface area (TPSA) is 79.0 Å². The van der Waals surface area contributed by atoms with Crippen molar-refractivity contribution in [2.45, 2.75) is 19.0 Å². The largest absolute Gasteiger partial charge is 0.448 e. The second kappa shape index (κ2) is 7.26. The molecule has 0 aromatic heterocycles. The summed E-state index contributed by atoms with van der Waals surface area (Å²) in [6.07, 6.45) is -0.189. The van der Waals surface area contributed by atoms with Crippen LogP contribution in [-0.4, -0.2) is 60.0 Å². The Morgan fingerprint density at radius 2 is 1.93 bits per heavy atom. The molecule has 0 radical (unpaired) electrons. The van der Waals surface area contributed by atoms with E-state index in [0.29, 0.717) is 26.2 Å². The molecule has 2 saturated heterocycles. The number of rotatable bonds is 5. The molecule has 1 atom stereocenters. The van der Waals surface area contributed by atoms with Gasteiger partial charge in [0.05, 0.1) is 12.6 Å². The third-order valence-electron chi connectivity index (χ3n) is 5.00. The molecule has 2 aromatic carbocycles. The van der Waals surface area contributed by atoms with Gasteiger partial charge in [-0.2, -0.15) is 0 Å². The summed E-state index contributed by atoms with van der Waals surface area (Å²) in [4.78, 5) is 39.1. The van der Waals surface area contributed by atoms with Gasteiger partial charge in [-0.3, -0.25) is 14.5 Å². The summed E-state index contributed by atoms with van der Waals surface area (Å²) >= 11 is 0. The van der Waals surface area contributed by atoms with Crippen LogP contribution >= 0.6 is 0 Å². The number of cyclic esters (lactones) is 1. The lowest BCUT2D eigenvalue weighted by Gasteiger charge is -2.19. The fourth-order valence-electron chi connectivity index (χ4n) is 3.67. The number of ether oxygens (including phenoxy) is 1. The molecule has 7 heteroatoms. The first-order valence-corrected chi connectivity index (χ1v) is 9.05. The van der Waals surface area contributed by atoms with E-state index in [1.165, 1.54) is 4.90 Å². The molecule has 0 bridgehead atoms. The standard InChI is InChI=1S/C20H21N3O4/c24-18(13-22-8-9-27-20(22)26)21-16-10-19(25)23(12-16)11-15-6-3-5-14-4-1-2-7-17(14)15/h1-7,16H,8-13H2,(H,21,24)/t16-/m1/s1. The van der Waals surface area contributed by atoms with Gasteiger partial charge in [0.15, 0.2) is 0 Å². The maximum Gasteiger partial charge on any atom is 0.410 e. The molecular weight excluding hydrogens is 346 g/mol. The van der Waals surface area contributed by atoms with Gasteiger partial charge in [0.25, 0.3) is 0 Å². The lowest BCUT2D eigenvalue weighted by atomic mass is 10.0. The second-order valence-corrected chi connectivity index (χ2v) is 6.92. The Hall–Kier alpha value is -3.09. The number of hydrogen-bond donors (Lipinski definition) is 1. The fourth-order valence-corrected chi connectivity index (χ4v) is 3.67. The van der Waals surface area contributed by atoms with Crippen molar-refractivity contribution in [3.63, 3.8) is 0 Å². The average molecular weight is 367 g/mol. The van der Waals surface area contributed by atoms with E-state index in [4.69, 9.17) is 4.74 Å². The minimum absolute atomic E-state index is 0.0221. The van der Waals surface area contributed by atoms with E-state index in [0.717, 1.165) is 16.3 Å². The van der Waals surface area contributed by atoms with Crippen molar-refractivity contribution >= 4 is 28.7 Å². The average Bonchev–Trinajstić information content (AvgIpc) is 3.20. The number of nitrogens with zero attached hydrogens (tertiary/aromatic N) is 2. The van der Waals surface area contributed by atoms with Gasteiger partial charge in [0.2, 0.25) is 11.8 Å². The highest BCUT2D eigenvalue weighted by Crippen LogP contribution is 2.22. The molecule has 0 aliphatic carbocycles. The van der Waals surface area contributed by atoms with Crippen LogP contribution < -0.4 is 5.32 Å². The summed E-state index contributed by atoms with van der Waals surface area (Å²) in [5, 5.41) is 5.13. The van der Waals surface area contributed by atoms with E-state index < -0.39 is 6.09 Å². The van der Waals surface area contributed by atoms with Gasteiger partial charge in [-0.05, 0) is 16.3 Å². The normalized spacial score (nSPS) is 19.6. The van der Waals surface area contributed by atoms with Crippen molar-refractivity contribution in [3.05, 3.63) is 48.0 Å². The molecule has 0 saturated carbocycles. The minimum atomic E-state index is -0.467. The molecule has 2 aromatic rings. The van der Waals surface area contributed by atoms with Gasteiger partial charge in [-0.15, -0.1) is 0 Å². The van der Waals surface area contributed by atoms with Crippen LogP contribution in [0.1, 0.15) is 12.0 Å². The van der Waals surface area contributed by atoms with Crippen LogP contribution in [0.25, 0.3) is 10.8 Å². The van der Waals surface area contributed by atoms with Crippen molar-refractivity contribution in [1.82, 2.24) is 15.1 Å². The van der Waals surface area contributed by atoms with E-state index in [9.17, 15) is 14.4 Å². The van der Waals surface area contributed by atoms with Crippen LogP contribution in [-0.2, 0) is 20.9 Å². The Morgan fingerprint density at radius 1 is 1.11 bits per heavy atom. The summed E-state index contributed by atoms with van der Waals surface area (Å²) in [7, 11) is 0. The monoisotopic (exact) mass is 367 g/mol. The van der Waals surface area contributed by atoms with Crippen molar-refractivity contribution in [1.29, 1.82) is 0 Å². The molecule has 4 rings (SSSR count). The zero-order valence-corrected chi connectivity index (χ0v) is 14.9. The number of benzene rings is 2. The lowest BCUT2D eigenvalue weighted by Crippen LogP contribution is -2.43. The second-order valence-electron chi connectivity index (χ2n) is 6.92. The molecule has 2 heterocycles. The van der Waals surface area contributed by atoms with Crippen molar-refractivity contribution in [2.75, 3.05) is 26.2 Å². The van der Waals surface area contributed by atoms with Crippen LogP contribution in [0.3, 0.4) is 0 Å². The summed E-state index contributed by atoms with van der Waals surface area (Å²) in [5.41, 5.74) is 1.09. The first kappa shape index (κ1) is 17.3. The van der Waals surface area contributed by atoms with Gasteiger partial charge in [-0.25, -0.2) is 4.79 Å². The predicted molar refractivity (Wildman–Crippen MR) is 98.8 cm³/mol. The summed E-state index contributed by atoms with van der Waals surface area (Å²) < 4.78 is 4.82. The predicted octanol–water partition coefficient (Wildman–Crippen LogP) is 1.51. The highest BCUT2D eigenvalue weighted by atomic mass is 16.6. The number of likely N-dealkylation sites (tertiary alicyclic amines) is 1. The lowest BCUT2D eigenvalue weighted by molar-refractivity contribution is -0.128. The first-order chi connectivity index (χ1) is 13.1. The summed E-state index contributed by atoms with van der Waals surface area (Å²) in [6.45, 7) is 1.69. The molecule has 2 fully saturated rings. The number of carbonyl (C=O) groups excluding carboxylic acids is 3. The van der Waals surface area contributed by atoms with Gasteiger partial charge < -0.3 is 15.0 Å². The molecule has 1 N–H and O–H groups in total. The maximum absolute atomic E-state index is 12.4. The van der Waals surface area contributed by atoms with Crippen molar-refractivity contribution < 1.29 is 19.1 Å². The van der Waals surface area contributed by atoms with Gasteiger partial charge >= 0.3 is 6.09 Å². The Morgan fingerprint density at radius 3 is 2.74 bits per heavy atom. The number of fused-ring (bicyclic) bond motifs is 1. The van der Waals surface area contributed by atoms with E-state index in [1.54, 1.807) is 4.90 Å². The molecule has 7 nitrogen and oxygen atoms in total. The Bertz CT molecular complexity index is 892. The van der Waals surface area contributed by atoms with E-state index in [1.807, 2.05) is 24.3 Å². The summed E-state index contributed by atoms with van der Waals surface area (Å²) in [5.74, 6) is -0.243. The Labute approximate surface area is 156 Å². The SMILES string of the molecule is O=C(CN1CCOC1=O)N[C@@H]1CC(=O)N(Cc2cccc3ccccc23)C1. The highest BCUT2D eigenvalue weighted by molar-refractivity contribution is 5.87. The maximum atomic E-state index is 12.4. The molecule has 2 aliphatic heterocycles. The molecule has 140 valence electrons. The number of amides is 3. The van der Waals surface area contributed by atoms with E-state index >= 15 is 0 Å². The van der Waals surface area contributed by atoms with Crippen LogP contribution in [0.5, 0.6) is 0 Å². The molecule has 27 heavy (non-hydrogen) atoms. The Kier molecular flexibility index (Phi) is 4.66. The number of hydrogen-bond acceptors (Lipinski definition) is 4. The molecule has 0 unspecified atom stereocenters. The molecule has 3 amide bonds. The highest BCUT2D eigenvalue weighted by Gasteiger charge is 2.32. The summed E-state index contributed by atoms with van der Waals surface area (Å²) in [6, 6.07) is 13.9. The van der Waals surface area contributed by atoms with Crippen LogP contribution in [0.2, 0.25) is 0 Å². The quantitative estimate of drug-likeness (QED) is 0.869. The van der Waals surface area contributed by atoms with Crippen LogP contribution in [0.15, 0.2) is 42.5 Å². The van der Waals surface area contributed by atoms with Crippen LogP contribution in [0, 0.1) is 0 Å². The van der Waals surface area contributed by atoms with E-state index in [2.05, 4.69) is 23.5 Å². The van der Waals surface area contributed by atoms with Crippen molar-refractivity contribution in [3.8, 4) is 0 Å². The number of carbonyl (C=O) groups is 3. The smallest absolute Gasteiger partial charge is 0.410 e. The zero-order chi connectivity index (χ0) is 18.8. The third-order valence-corrected chi connectivity index (χ3v) is 5.00. The van der Waals surface area contributed by atoms with Crippen LogP contribution in [0.4, 0.5) is 4.79 Å². The minimum Gasteiger partial charge on any atom is -0.448 e. The van der Waals surface area contributed by atoms with Gasteiger partial charge in [-0.1, -0.05) is 42.5 Å². The first-order valence-electron chi connectivity index (χ1n) is 9.05. The van der Waals surface area contributed by atoms with Gasteiger partial charge in [0, 0.05) is 19.5 Å². The Balaban J connectivity index is 1.37. The molecule has 2 aliphatic rings. The third kappa shape index (κ3) is 3.72. The van der Waals surface area contributed by atoms with Gasteiger partial charge in [0.1, 0.15) is 13.2 Å². The fraction of sp³-hybridized carbons (Fsp3) is 0.350. The molecular formula is C20H21N3O4.